The Morgan fingerprint density at radius 2 is 1.73 bits per heavy atom. The van der Waals surface area contributed by atoms with E-state index in [1.807, 2.05) is 57.1 Å². The van der Waals surface area contributed by atoms with Gasteiger partial charge in [0.15, 0.2) is 0 Å². The van der Waals surface area contributed by atoms with Gasteiger partial charge in [-0.2, -0.15) is 0 Å². The van der Waals surface area contributed by atoms with Crippen molar-refractivity contribution < 1.29 is 4.79 Å². The van der Waals surface area contributed by atoms with Gasteiger partial charge < -0.3 is 9.80 Å². The van der Waals surface area contributed by atoms with Crippen LogP contribution in [-0.4, -0.2) is 31.4 Å². The summed E-state index contributed by atoms with van der Waals surface area (Å²) in [7, 11) is 4.04. The Labute approximate surface area is 133 Å². The molecule has 0 saturated heterocycles. The van der Waals surface area contributed by atoms with Crippen molar-refractivity contribution in [1.82, 2.24) is 4.90 Å². The van der Waals surface area contributed by atoms with E-state index in [-0.39, 0.29) is 5.91 Å². The third-order valence-corrected chi connectivity index (χ3v) is 3.76. The standard InChI is InChI=1S/C19H24N2O/c1-5-21(19(22)17-8-6-7-15(2)13-17)14-16-9-11-18(12-10-16)20(3)4/h6-13H,5,14H2,1-4H3. The van der Waals surface area contributed by atoms with Crippen molar-refractivity contribution in [3.63, 3.8) is 0 Å². The first-order valence-corrected chi connectivity index (χ1v) is 7.63. The molecule has 22 heavy (non-hydrogen) atoms. The molecular weight excluding hydrogens is 272 g/mol. The molecule has 0 saturated carbocycles. The molecule has 0 aliphatic rings. The van der Waals surface area contributed by atoms with Crippen LogP contribution in [-0.2, 0) is 6.54 Å². The first-order valence-electron chi connectivity index (χ1n) is 7.63. The largest absolute Gasteiger partial charge is 0.378 e. The predicted octanol–water partition coefficient (Wildman–Crippen LogP) is 3.72. The van der Waals surface area contributed by atoms with Crippen molar-refractivity contribution in [3.05, 3.63) is 65.2 Å². The van der Waals surface area contributed by atoms with E-state index < -0.39 is 0 Å². The Hall–Kier alpha value is -2.29. The van der Waals surface area contributed by atoms with Gasteiger partial charge in [-0.1, -0.05) is 29.8 Å². The average molecular weight is 296 g/mol. The SMILES string of the molecule is CCN(Cc1ccc(N(C)C)cc1)C(=O)c1cccc(C)c1. The molecule has 0 fully saturated rings. The van der Waals surface area contributed by atoms with Crippen LogP contribution in [0.4, 0.5) is 5.69 Å². The minimum atomic E-state index is 0.0860. The molecule has 2 aromatic carbocycles. The van der Waals surface area contributed by atoms with Gasteiger partial charge >= 0.3 is 0 Å². The summed E-state index contributed by atoms with van der Waals surface area (Å²) in [6.45, 7) is 5.36. The zero-order chi connectivity index (χ0) is 16.1. The number of anilines is 1. The smallest absolute Gasteiger partial charge is 0.254 e. The summed E-state index contributed by atoms with van der Waals surface area (Å²) in [5.41, 5.74) is 4.18. The van der Waals surface area contributed by atoms with Gasteiger partial charge in [-0.25, -0.2) is 0 Å². The second-order valence-electron chi connectivity index (χ2n) is 5.75. The number of amides is 1. The highest BCUT2D eigenvalue weighted by molar-refractivity contribution is 5.94. The molecule has 2 rings (SSSR count). The van der Waals surface area contributed by atoms with Crippen LogP contribution in [0.3, 0.4) is 0 Å². The van der Waals surface area contributed by atoms with Crippen LogP contribution in [0.2, 0.25) is 0 Å². The van der Waals surface area contributed by atoms with E-state index in [2.05, 4.69) is 29.2 Å². The van der Waals surface area contributed by atoms with Crippen molar-refractivity contribution in [2.75, 3.05) is 25.5 Å². The van der Waals surface area contributed by atoms with Gasteiger partial charge in [0.25, 0.3) is 5.91 Å². The average Bonchev–Trinajstić information content (AvgIpc) is 2.52. The molecule has 2 aromatic rings. The Bertz CT molecular complexity index is 632. The van der Waals surface area contributed by atoms with Crippen molar-refractivity contribution in [3.8, 4) is 0 Å². The van der Waals surface area contributed by atoms with Crippen LogP contribution in [0.15, 0.2) is 48.5 Å². The number of nitrogens with zero attached hydrogens (tertiary/aromatic N) is 2. The highest BCUT2D eigenvalue weighted by atomic mass is 16.2. The fourth-order valence-corrected chi connectivity index (χ4v) is 2.41. The van der Waals surface area contributed by atoms with Gasteiger partial charge in [0, 0.05) is 38.4 Å². The van der Waals surface area contributed by atoms with Gasteiger partial charge in [-0.05, 0) is 43.7 Å². The number of hydrogen-bond donors (Lipinski definition) is 0. The van der Waals surface area contributed by atoms with Crippen LogP contribution in [0.1, 0.15) is 28.4 Å². The minimum Gasteiger partial charge on any atom is -0.378 e. The number of carbonyl (C=O) groups excluding carboxylic acids is 1. The molecular formula is C19H24N2O. The van der Waals surface area contributed by atoms with Crippen LogP contribution >= 0.6 is 0 Å². The molecule has 0 unspecified atom stereocenters. The minimum absolute atomic E-state index is 0.0860. The van der Waals surface area contributed by atoms with Crippen molar-refractivity contribution in [2.24, 2.45) is 0 Å². The number of carbonyl (C=O) groups is 1. The molecule has 0 atom stereocenters. The third-order valence-electron chi connectivity index (χ3n) is 3.76. The molecule has 0 aliphatic heterocycles. The normalized spacial score (nSPS) is 10.4. The summed E-state index contributed by atoms with van der Waals surface area (Å²) < 4.78 is 0. The highest BCUT2D eigenvalue weighted by Crippen LogP contribution is 2.15. The lowest BCUT2D eigenvalue weighted by molar-refractivity contribution is 0.0752. The Kier molecular flexibility index (Phi) is 5.21. The Morgan fingerprint density at radius 3 is 2.27 bits per heavy atom. The maximum atomic E-state index is 12.6. The monoisotopic (exact) mass is 296 g/mol. The van der Waals surface area contributed by atoms with Gasteiger partial charge in [-0.3, -0.25) is 4.79 Å². The van der Waals surface area contributed by atoms with Gasteiger partial charge in [0.1, 0.15) is 0 Å². The van der Waals surface area contributed by atoms with Gasteiger partial charge in [0.05, 0.1) is 0 Å². The summed E-state index contributed by atoms with van der Waals surface area (Å²) >= 11 is 0. The topological polar surface area (TPSA) is 23.6 Å². The van der Waals surface area contributed by atoms with Crippen molar-refractivity contribution in [2.45, 2.75) is 20.4 Å². The summed E-state index contributed by atoms with van der Waals surface area (Å²) in [6, 6.07) is 16.1. The molecule has 0 N–H and O–H groups in total. The summed E-state index contributed by atoms with van der Waals surface area (Å²) in [6.07, 6.45) is 0. The quantitative estimate of drug-likeness (QED) is 0.839. The first kappa shape index (κ1) is 16.1. The van der Waals surface area contributed by atoms with Crippen molar-refractivity contribution >= 4 is 11.6 Å². The van der Waals surface area contributed by atoms with E-state index in [0.717, 1.165) is 22.4 Å². The van der Waals surface area contributed by atoms with Crippen LogP contribution in [0.25, 0.3) is 0 Å². The maximum Gasteiger partial charge on any atom is 0.254 e. The van der Waals surface area contributed by atoms with Crippen LogP contribution < -0.4 is 4.90 Å². The molecule has 116 valence electrons. The number of hydrogen-bond acceptors (Lipinski definition) is 2. The fraction of sp³-hybridized carbons (Fsp3) is 0.316. The van der Waals surface area contributed by atoms with Crippen LogP contribution in [0.5, 0.6) is 0 Å². The molecule has 0 bridgehead atoms. The molecule has 0 spiro atoms. The van der Waals surface area contributed by atoms with E-state index >= 15 is 0 Å². The maximum absolute atomic E-state index is 12.6. The lowest BCUT2D eigenvalue weighted by Crippen LogP contribution is -2.30. The van der Waals surface area contributed by atoms with Crippen LogP contribution in [0, 0.1) is 6.92 Å². The molecule has 3 heteroatoms. The molecule has 1 amide bonds. The first-order chi connectivity index (χ1) is 10.5. The number of rotatable bonds is 5. The molecule has 0 aliphatic carbocycles. The molecule has 0 heterocycles. The third kappa shape index (κ3) is 3.88. The second-order valence-corrected chi connectivity index (χ2v) is 5.75. The number of benzene rings is 2. The van der Waals surface area contributed by atoms with Gasteiger partial charge in [-0.15, -0.1) is 0 Å². The lowest BCUT2D eigenvalue weighted by Gasteiger charge is -2.22. The molecule has 0 aromatic heterocycles. The molecule has 0 radical (unpaired) electrons. The summed E-state index contributed by atoms with van der Waals surface area (Å²) in [5.74, 6) is 0.0860. The predicted molar refractivity (Wildman–Crippen MR) is 92.4 cm³/mol. The van der Waals surface area contributed by atoms with E-state index in [1.54, 1.807) is 0 Å². The van der Waals surface area contributed by atoms with E-state index in [0.29, 0.717) is 13.1 Å². The number of aryl methyl sites for hydroxylation is 1. The Balaban J connectivity index is 2.13. The second kappa shape index (κ2) is 7.12. The molecule has 3 nitrogen and oxygen atoms in total. The van der Waals surface area contributed by atoms with E-state index in [1.165, 1.54) is 0 Å². The van der Waals surface area contributed by atoms with E-state index in [9.17, 15) is 4.79 Å². The lowest BCUT2D eigenvalue weighted by atomic mass is 10.1. The fourth-order valence-electron chi connectivity index (χ4n) is 2.41. The van der Waals surface area contributed by atoms with Gasteiger partial charge in [0.2, 0.25) is 0 Å². The zero-order valence-corrected chi connectivity index (χ0v) is 13.8. The van der Waals surface area contributed by atoms with E-state index in [4.69, 9.17) is 0 Å². The summed E-state index contributed by atoms with van der Waals surface area (Å²) in [5, 5.41) is 0. The van der Waals surface area contributed by atoms with Crippen molar-refractivity contribution in [1.29, 1.82) is 0 Å². The summed E-state index contributed by atoms with van der Waals surface area (Å²) in [4.78, 5) is 16.6. The zero-order valence-electron chi connectivity index (χ0n) is 13.8. The highest BCUT2D eigenvalue weighted by Gasteiger charge is 2.14. The Morgan fingerprint density at radius 1 is 1.05 bits per heavy atom.